The van der Waals surface area contributed by atoms with Crippen molar-refractivity contribution in [2.75, 3.05) is 27.3 Å². The minimum absolute atomic E-state index is 0.427. The van der Waals surface area contributed by atoms with Crippen LogP contribution in [0.4, 0.5) is 0 Å². The van der Waals surface area contributed by atoms with Gasteiger partial charge in [0.2, 0.25) is 6.35 Å². The number of phosphoric ester groups is 1. The third-order valence-electron chi connectivity index (χ3n) is 4.82. The number of hydrogen-bond acceptors (Lipinski definition) is 6. The molecule has 1 heterocycles. The van der Waals surface area contributed by atoms with Gasteiger partial charge in [0.25, 0.3) is 0 Å². The van der Waals surface area contributed by atoms with Crippen molar-refractivity contribution in [3.8, 4) is 0 Å². The monoisotopic (exact) mass is 390 g/mol. The lowest BCUT2D eigenvalue weighted by Gasteiger charge is -2.32. The Morgan fingerprint density at radius 2 is 1.31 bits per heavy atom. The van der Waals surface area contributed by atoms with E-state index in [1.807, 2.05) is 24.2 Å². The molecule has 0 aromatic carbocycles. The van der Waals surface area contributed by atoms with E-state index < -0.39 is 14.2 Å². The molecular formula is C19H39N2O4P. The van der Waals surface area contributed by atoms with E-state index in [2.05, 4.69) is 11.8 Å². The van der Waals surface area contributed by atoms with Crippen molar-refractivity contribution >= 4 is 7.82 Å². The fraction of sp³-hybridized carbons (Fsp3) is 0.895. The molecule has 0 radical (unpaired) electrons. The average molecular weight is 391 g/mol. The second kappa shape index (κ2) is 13.6. The average Bonchev–Trinajstić information content (AvgIpc) is 3.04. The molecule has 1 unspecified atom stereocenters. The van der Waals surface area contributed by atoms with Crippen LogP contribution >= 0.6 is 7.82 Å². The highest BCUT2D eigenvalue weighted by Gasteiger charge is 2.35. The Bertz CT molecular complexity index is 426. The molecule has 0 spiro atoms. The quantitative estimate of drug-likeness (QED) is 0.248. The molecular weight excluding hydrogens is 351 g/mol. The van der Waals surface area contributed by atoms with E-state index in [1.165, 1.54) is 72.0 Å². The van der Waals surface area contributed by atoms with Gasteiger partial charge in [0.15, 0.2) is 0 Å². The Morgan fingerprint density at radius 1 is 0.808 bits per heavy atom. The summed E-state index contributed by atoms with van der Waals surface area (Å²) in [6, 6.07) is 0. The number of unbranched alkanes of at least 4 members (excludes halogenated alkanes) is 9. The van der Waals surface area contributed by atoms with Crippen LogP contribution in [0, 0.1) is 0 Å². The van der Waals surface area contributed by atoms with E-state index in [-0.39, 0.29) is 0 Å². The number of phosphoric acid groups is 1. The van der Waals surface area contributed by atoms with Crippen molar-refractivity contribution < 1.29 is 18.1 Å². The summed E-state index contributed by atoms with van der Waals surface area (Å²) in [6.45, 7) is 5.94. The van der Waals surface area contributed by atoms with Gasteiger partial charge in [-0.15, -0.1) is 0 Å². The van der Waals surface area contributed by atoms with Crippen molar-refractivity contribution in [3.63, 3.8) is 0 Å². The van der Waals surface area contributed by atoms with Crippen LogP contribution in [-0.4, -0.2) is 43.5 Å². The molecule has 6 nitrogen and oxygen atoms in total. The lowest BCUT2D eigenvalue weighted by molar-refractivity contribution is -0.0479. The lowest BCUT2D eigenvalue weighted by Crippen LogP contribution is -2.40. The molecule has 1 atom stereocenters. The highest BCUT2D eigenvalue weighted by atomic mass is 31.2. The van der Waals surface area contributed by atoms with Gasteiger partial charge in [0, 0.05) is 39.7 Å². The maximum atomic E-state index is 12.3. The van der Waals surface area contributed by atoms with Crippen LogP contribution in [0.5, 0.6) is 0 Å². The maximum Gasteiger partial charge on any atom is 0.477 e. The summed E-state index contributed by atoms with van der Waals surface area (Å²) >= 11 is 0. The minimum atomic E-state index is -3.51. The van der Waals surface area contributed by atoms with Crippen molar-refractivity contribution in [2.24, 2.45) is 0 Å². The van der Waals surface area contributed by atoms with Gasteiger partial charge in [-0.1, -0.05) is 64.7 Å². The maximum absolute atomic E-state index is 12.3. The van der Waals surface area contributed by atoms with E-state index >= 15 is 0 Å². The largest absolute Gasteiger partial charge is 0.477 e. The molecule has 0 saturated carbocycles. The molecule has 0 N–H and O–H groups in total. The van der Waals surface area contributed by atoms with Crippen LogP contribution in [0.3, 0.4) is 0 Å². The van der Waals surface area contributed by atoms with Crippen LogP contribution < -0.4 is 0 Å². The van der Waals surface area contributed by atoms with Crippen molar-refractivity contribution in [2.45, 2.75) is 84.4 Å². The molecule has 154 valence electrons. The summed E-state index contributed by atoms with van der Waals surface area (Å²) in [5.41, 5.74) is 0. The Morgan fingerprint density at radius 3 is 1.81 bits per heavy atom. The Hall–Kier alpha value is -0.550. The van der Waals surface area contributed by atoms with Crippen LogP contribution in [0.25, 0.3) is 0 Å². The Balaban J connectivity index is 2.23. The zero-order chi connectivity index (χ0) is 19.3. The zero-order valence-corrected chi connectivity index (χ0v) is 18.1. The van der Waals surface area contributed by atoms with Gasteiger partial charge in [0.1, 0.15) is 0 Å². The topological polar surface area (TPSA) is 51.2 Å². The fourth-order valence-electron chi connectivity index (χ4n) is 3.13. The highest BCUT2D eigenvalue weighted by Crippen LogP contribution is 2.50. The van der Waals surface area contributed by atoms with Gasteiger partial charge in [-0.25, -0.2) is 9.09 Å². The van der Waals surface area contributed by atoms with Crippen molar-refractivity contribution in [3.05, 3.63) is 12.4 Å². The van der Waals surface area contributed by atoms with Crippen molar-refractivity contribution in [1.82, 2.24) is 9.80 Å². The van der Waals surface area contributed by atoms with Gasteiger partial charge in [-0.3, -0.25) is 9.05 Å². The van der Waals surface area contributed by atoms with Crippen LogP contribution in [0.2, 0.25) is 0 Å². The zero-order valence-electron chi connectivity index (χ0n) is 17.2. The SMILES string of the molecule is CCCCCCCCCCCCN1C=CN(CC)C1OP(=O)(OC)OC. The first-order valence-corrected chi connectivity index (χ1v) is 11.7. The van der Waals surface area contributed by atoms with E-state index in [4.69, 9.17) is 13.6 Å². The number of rotatable bonds is 16. The van der Waals surface area contributed by atoms with Gasteiger partial charge >= 0.3 is 7.82 Å². The first kappa shape index (κ1) is 23.5. The molecule has 0 bridgehead atoms. The highest BCUT2D eigenvalue weighted by molar-refractivity contribution is 7.48. The van der Waals surface area contributed by atoms with Gasteiger partial charge in [-0.05, 0) is 13.3 Å². The summed E-state index contributed by atoms with van der Waals surface area (Å²) in [7, 11) is -0.822. The van der Waals surface area contributed by atoms with E-state index in [0.29, 0.717) is 0 Å². The second-order valence-corrected chi connectivity index (χ2v) is 8.63. The summed E-state index contributed by atoms with van der Waals surface area (Å²) in [5.74, 6) is 0. The molecule has 0 aromatic rings. The van der Waals surface area contributed by atoms with Gasteiger partial charge in [0.05, 0.1) is 0 Å². The molecule has 0 aromatic heterocycles. The molecule has 1 aliphatic rings. The summed E-state index contributed by atoms with van der Waals surface area (Å²) < 4.78 is 27.8. The molecule has 26 heavy (non-hydrogen) atoms. The summed E-state index contributed by atoms with van der Waals surface area (Å²) in [6.07, 6.45) is 16.7. The predicted molar refractivity (Wildman–Crippen MR) is 107 cm³/mol. The summed E-state index contributed by atoms with van der Waals surface area (Å²) in [4.78, 5) is 4.06. The Kier molecular flexibility index (Phi) is 12.3. The van der Waals surface area contributed by atoms with E-state index in [0.717, 1.165) is 19.5 Å². The Labute approximate surface area is 160 Å². The molecule has 0 amide bonds. The second-order valence-electron chi connectivity index (χ2n) is 6.79. The lowest BCUT2D eigenvalue weighted by atomic mass is 10.1. The van der Waals surface area contributed by atoms with E-state index in [9.17, 15) is 4.57 Å². The molecule has 0 aliphatic carbocycles. The summed E-state index contributed by atoms with van der Waals surface area (Å²) in [5, 5.41) is 0. The first-order chi connectivity index (χ1) is 12.6. The normalized spacial score (nSPS) is 17.5. The third kappa shape index (κ3) is 8.43. The molecule has 1 aliphatic heterocycles. The van der Waals surface area contributed by atoms with Crippen molar-refractivity contribution in [1.29, 1.82) is 0 Å². The predicted octanol–water partition coefficient (Wildman–Crippen LogP) is 5.72. The molecule has 0 fully saturated rings. The number of hydrogen-bond donors (Lipinski definition) is 0. The van der Waals surface area contributed by atoms with Crippen LogP contribution in [0.15, 0.2) is 12.4 Å². The van der Waals surface area contributed by atoms with Gasteiger partial charge < -0.3 is 9.80 Å². The number of nitrogens with zero attached hydrogens (tertiary/aromatic N) is 2. The third-order valence-corrected chi connectivity index (χ3v) is 6.16. The van der Waals surface area contributed by atoms with Crippen LogP contribution in [-0.2, 0) is 18.1 Å². The standard InChI is InChI=1S/C19H39N2O4P/c1-5-7-8-9-10-11-12-13-14-15-16-21-18-17-20(6-2)19(21)25-26(22,23-3)24-4/h17-19H,5-16H2,1-4H3. The smallest absolute Gasteiger partial charge is 0.334 e. The molecule has 1 rings (SSSR count). The molecule has 7 heteroatoms. The van der Waals surface area contributed by atoms with Gasteiger partial charge in [-0.2, -0.15) is 0 Å². The fourth-order valence-corrected chi connectivity index (χ4v) is 3.93. The minimum Gasteiger partial charge on any atom is -0.334 e. The molecule has 0 saturated heterocycles. The first-order valence-electron chi connectivity index (χ1n) is 10.2. The van der Waals surface area contributed by atoms with Crippen LogP contribution in [0.1, 0.15) is 78.1 Å². The van der Waals surface area contributed by atoms with E-state index in [1.54, 1.807) is 0 Å².